The van der Waals surface area contributed by atoms with Crippen LogP contribution >= 0.6 is 0 Å². The number of aliphatic carboxylic acids is 1. The van der Waals surface area contributed by atoms with Gasteiger partial charge in [0.05, 0.1) is 6.54 Å². The lowest BCUT2D eigenvalue weighted by Crippen LogP contribution is -2.44. The van der Waals surface area contributed by atoms with E-state index in [9.17, 15) is 14.0 Å². The maximum atomic E-state index is 13.5. The van der Waals surface area contributed by atoms with Gasteiger partial charge in [-0.15, -0.1) is 0 Å². The van der Waals surface area contributed by atoms with Crippen molar-refractivity contribution in [2.45, 2.75) is 25.6 Å². The molecule has 0 aliphatic heterocycles. The van der Waals surface area contributed by atoms with Crippen LogP contribution < -0.4 is 10.1 Å². The molecule has 21 heavy (non-hydrogen) atoms. The Kier molecular flexibility index (Phi) is 6.61. The summed E-state index contributed by atoms with van der Waals surface area (Å²) in [6.07, 6.45) is -1.74. The van der Waals surface area contributed by atoms with Crippen LogP contribution in [0.1, 0.15) is 13.3 Å². The fourth-order valence-corrected chi connectivity index (χ4v) is 1.59. The van der Waals surface area contributed by atoms with Gasteiger partial charge in [0, 0.05) is 7.11 Å². The topological polar surface area (TPSA) is 84.9 Å². The molecular weight excluding hydrogens is 281 g/mol. The first-order chi connectivity index (χ1) is 9.99. The molecule has 1 rings (SSSR count). The van der Waals surface area contributed by atoms with Crippen LogP contribution in [0, 0.1) is 5.82 Å². The Labute approximate surface area is 121 Å². The molecule has 2 N–H and O–H groups in total. The highest BCUT2D eigenvalue weighted by Crippen LogP contribution is 2.18. The highest BCUT2D eigenvalue weighted by Gasteiger charge is 2.23. The minimum absolute atomic E-state index is 0.0268. The first-order valence-electron chi connectivity index (χ1n) is 6.44. The lowest BCUT2D eigenvalue weighted by molar-refractivity contribution is -0.148. The van der Waals surface area contributed by atoms with Gasteiger partial charge in [-0.05, 0) is 18.6 Å². The van der Waals surface area contributed by atoms with Crippen LogP contribution in [0.25, 0.3) is 0 Å². The van der Waals surface area contributed by atoms with Gasteiger partial charge in [-0.1, -0.05) is 19.1 Å². The second-order valence-electron chi connectivity index (χ2n) is 4.25. The molecule has 0 aromatic heterocycles. The number of carboxylic acid groups (broad SMARTS) is 1. The van der Waals surface area contributed by atoms with Gasteiger partial charge in [-0.25, -0.2) is 9.18 Å². The standard InChI is InChI=1S/C14H18FNO5/c1-3-10(21-11-7-5-4-6-9(11)15)13(17)16-8-12(20-2)14(18)19/h4-7,10,12H,3,8H2,1-2H3,(H,16,17)(H,18,19). The second kappa shape index (κ2) is 8.21. The number of ether oxygens (including phenoxy) is 2. The van der Waals surface area contributed by atoms with Gasteiger partial charge in [-0.3, -0.25) is 4.79 Å². The van der Waals surface area contributed by atoms with E-state index in [4.69, 9.17) is 14.6 Å². The summed E-state index contributed by atoms with van der Waals surface area (Å²) in [5.74, 6) is -2.30. The molecule has 0 radical (unpaired) electrons. The van der Waals surface area contributed by atoms with Crippen LogP contribution in [0.5, 0.6) is 5.75 Å². The van der Waals surface area contributed by atoms with Crippen molar-refractivity contribution in [3.63, 3.8) is 0 Å². The number of methoxy groups -OCH3 is 1. The minimum atomic E-state index is -1.18. The molecule has 0 aliphatic rings. The van der Waals surface area contributed by atoms with Crippen molar-refractivity contribution in [3.05, 3.63) is 30.1 Å². The molecule has 116 valence electrons. The van der Waals surface area contributed by atoms with E-state index >= 15 is 0 Å². The predicted molar refractivity (Wildman–Crippen MR) is 72.5 cm³/mol. The summed E-state index contributed by atoms with van der Waals surface area (Å²) >= 11 is 0. The summed E-state index contributed by atoms with van der Waals surface area (Å²) in [4.78, 5) is 22.7. The molecule has 0 saturated carbocycles. The number of para-hydroxylation sites is 1. The van der Waals surface area contributed by atoms with E-state index in [1.165, 1.54) is 25.3 Å². The summed E-state index contributed by atoms with van der Waals surface area (Å²) < 4.78 is 23.5. The zero-order valence-electron chi connectivity index (χ0n) is 11.8. The Hall–Kier alpha value is -2.15. The van der Waals surface area contributed by atoms with Gasteiger partial charge in [0.2, 0.25) is 0 Å². The number of nitrogens with one attached hydrogen (secondary N) is 1. The van der Waals surface area contributed by atoms with E-state index in [1.807, 2.05) is 0 Å². The number of rotatable bonds is 8. The zero-order chi connectivity index (χ0) is 15.8. The van der Waals surface area contributed by atoms with Gasteiger partial charge < -0.3 is 19.9 Å². The molecule has 2 atom stereocenters. The number of carbonyl (C=O) groups is 2. The van der Waals surface area contributed by atoms with Gasteiger partial charge in [0.25, 0.3) is 5.91 Å². The van der Waals surface area contributed by atoms with Crippen LogP contribution in [0.3, 0.4) is 0 Å². The summed E-state index contributed by atoms with van der Waals surface area (Å²) in [6, 6.07) is 5.75. The Bertz CT molecular complexity index is 494. The van der Waals surface area contributed by atoms with Gasteiger partial charge in [0.15, 0.2) is 23.8 Å². The van der Waals surface area contributed by atoms with Crippen LogP contribution in [0.4, 0.5) is 4.39 Å². The fraction of sp³-hybridized carbons (Fsp3) is 0.429. The van der Waals surface area contributed by atoms with Crippen LogP contribution in [-0.4, -0.2) is 42.8 Å². The summed E-state index contributed by atoms with van der Waals surface area (Å²) in [6.45, 7) is 1.51. The van der Waals surface area contributed by atoms with Crippen molar-refractivity contribution in [2.75, 3.05) is 13.7 Å². The Balaban J connectivity index is 2.61. The van der Waals surface area contributed by atoms with Gasteiger partial charge in [-0.2, -0.15) is 0 Å². The SMILES string of the molecule is CCC(Oc1ccccc1F)C(=O)NCC(OC)C(=O)O. The number of hydrogen-bond acceptors (Lipinski definition) is 4. The third-order valence-electron chi connectivity index (χ3n) is 2.79. The van der Waals surface area contributed by atoms with E-state index in [0.29, 0.717) is 6.42 Å². The molecule has 0 heterocycles. The maximum Gasteiger partial charge on any atom is 0.334 e. The first kappa shape index (κ1) is 16.9. The third-order valence-corrected chi connectivity index (χ3v) is 2.79. The van der Waals surface area contributed by atoms with Gasteiger partial charge >= 0.3 is 5.97 Å². The van der Waals surface area contributed by atoms with Crippen LogP contribution in [0.2, 0.25) is 0 Å². The van der Waals surface area contributed by atoms with E-state index in [1.54, 1.807) is 13.0 Å². The molecule has 1 aromatic carbocycles. The number of carbonyl (C=O) groups excluding carboxylic acids is 1. The number of hydrogen-bond donors (Lipinski definition) is 2. The molecule has 1 aromatic rings. The molecule has 0 aliphatic carbocycles. The molecular formula is C14H18FNO5. The highest BCUT2D eigenvalue weighted by atomic mass is 19.1. The van der Waals surface area contributed by atoms with Crippen LogP contribution in [-0.2, 0) is 14.3 Å². The summed E-state index contributed by atoms with van der Waals surface area (Å²) in [5.41, 5.74) is 0. The van der Waals surface area contributed by atoms with E-state index in [0.717, 1.165) is 0 Å². The highest BCUT2D eigenvalue weighted by molar-refractivity contribution is 5.82. The Morgan fingerprint density at radius 1 is 1.33 bits per heavy atom. The maximum absolute atomic E-state index is 13.5. The van der Waals surface area contributed by atoms with E-state index in [2.05, 4.69) is 5.32 Å². The average Bonchev–Trinajstić information content (AvgIpc) is 2.46. The quantitative estimate of drug-likeness (QED) is 0.753. The second-order valence-corrected chi connectivity index (χ2v) is 4.25. The minimum Gasteiger partial charge on any atom is -0.479 e. The number of halogens is 1. The van der Waals surface area contributed by atoms with Crippen molar-refractivity contribution < 1.29 is 28.6 Å². The molecule has 6 nitrogen and oxygen atoms in total. The molecule has 0 spiro atoms. The predicted octanol–water partition coefficient (Wildman–Crippen LogP) is 1.20. The van der Waals surface area contributed by atoms with Crippen molar-refractivity contribution >= 4 is 11.9 Å². The Morgan fingerprint density at radius 2 is 2.00 bits per heavy atom. The molecule has 7 heteroatoms. The van der Waals surface area contributed by atoms with Crippen molar-refractivity contribution in [1.82, 2.24) is 5.32 Å². The Morgan fingerprint density at radius 3 is 2.52 bits per heavy atom. The lowest BCUT2D eigenvalue weighted by Gasteiger charge is -2.19. The lowest BCUT2D eigenvalue weighted by atomic mass is 10.2. The molecule has 0 fully saturated rings. The smallest absolute Gasteiger partial charge is 0.334 e. The molecule has 0 bridgehead atoms. The van der Waals surface area contributed by atoms with Crippen molar-refractivity contribution in [3.8, 4) is 5.75 Å². The monoisotopic (exact) mass is 299 g/mol. The van der Waals surface area contributed by atoms with Crippen LogP contribution in [0.15, 0.2) is 24.3 Å². The largest absolute Gasteiger partial charge is 0.479 e. The van der Waals surface area contributed by atoms with E-state index < -0.39 is 29.9 Å². The summed E-state index contributed by atoms with van der Waals surface area (Å²) in [7, 11) is 1.23. The fourth-order valence-electron chi connectivity index (χ4n) is 1.59. The third kappa shape index (κ3) is 5.03. The number of amides is 1. The van der Waals surface area contributed by atoms with Crippen molar-refractivity contribution in [2.24, 2.45) is 0 Å². The van der Waals surface area contributed by atoms with E-state index in [-0.39, 0.29) is 12.3 Å². The molecule has 0 saturated heterocycles. The van der Waals surface area contributed by atoms with Gasteiger partial charge in [0.1, 0.15) is 0 Å². The number of carboxylic acids is 1. The average molecular weight is 299 g/mol. The van der Waals surface area contributed by atoms with Crippen molar-refractivity contribution in [1.29, 1.82) is 0 Å². The number of benzene rings is 1. The summed E-state index contributed by atoms with van der Waals surface area (Å²) in [5, 5.41) is 11.2. The normalized spacial score (nSPS) is 13.3. The molecule has 2 unspecified atom stereocenters. The molecule has 1 amide bonds. The zero-order valence-corrected chi connectivity index (χ0v) is 11.8. The first-order valence-corrected chi connectivity index (χ1v) is 6.44.